The number of aliphatic carboxylic acids is 1. The minimum absolute atomic E-state index is 0.00299. The first-order valence-corrected chi connectivity index (χ1v) is 22.5. The quantitative estimate of drug-likeness (QED) is 0.0490. The predicted octanol–water partition coefficient (Wildman–Crippen LogP) is -0.820. The van der Waals surface area contributed by atoms with E-state index in [1.807, 2.05) is 24.3 Å². The van der Waals surface area contributed by atoms with Gasteiger partial charge in [0.2, 0.25) is 29.5 Å². The summed E-state index contributed by atoms with van der Waals surface area (Å²) in [5, 5.41) is 29.6. The fourth-order valence-electron chi connectivity index (χ4n) is 9.77. The van der Waals surface area contributed by atoms with Gasteiger partial charge in [0.1, 0.15) is 29.7 Å². The summed E-state index contributed by atoms with van der Waals surface area (Å²) in [7, 11) is 0. The van der Waals surface area contributed by atoms with Crippen LogP contribution in [0.15, 0.2) is 34.3 Å². The van der Waals surface area contributed by atoms with Gasteiger partial charge in [-0.3, -0.25) is 34.0 Å². The molecular formula is C43H68N12O8. The monoisotopic (exact) mass is 881 g/mol. The Kier molecular flexibility index (Phi) is 17.5. The van der Waals surface area contributed by atoms with Gasteiger partial charge in [0.25, 0.3) is 0 Å². The maximum Gasteiger partial charge on any atom is 0.326 e. The second kappa shape index (κ2) is 22.7. The van der Waals surface area contributed by atoms with E-state index >= 15 is 0 Å². The van der Waals surface area contributed by atoms with Gasteiger partial charge in [0.05, 0.1) is 12.6 Å². The van der Waals surface area contributed by atoms with E-state index in [-0.39, 0.29) is 75.6 Å². The van der Waals surface area contributed by atoms with Crippen molar-refractivity contribution < 1.29 is 39.0 Å². The van der Waals surface area contributed by atoms with Crippen LogP contribution in [0.3, 0.4) is 0 Å². The van der Waals surface area contributed by atoms with Gasteiger partial charge in [0.15, 0.2) is 11.9 Å². The highest BCUT2D eigenvalue weighted by molar-refractivity contribution is 5.98. The Bertz CT molecular complexity index is 1840. The van der Waals surface area contributed by atoms with Crippen LogP contribution in [0.2, 0.25) is 0 Å². The molecule has 63 heavy (non-hydrogen) atoms. The Balaban J connectivity index is 1.39. The first-order valence-electron chi connectivity index (χ1n) is 22.5. The molecule has 0 spiro atoms. The first-order chi connectivity index (χ1) is 30.1. The molecule has 20 nitrogen and oxygen atoms in total. The zero-order valence-electron chi connectivity index (χ0n) is 36.2. The molecule has 0 unspecified atom stereocenters. The highest BCUT2D eigenvalue weighted by Crippen LogP contribution is 2.41. The number of benzene rings is 1. The van der Waals surface area contributed by atoms with Crippen LogP contribution in [0.5, 0.6) is 0 Å². The van der Waals surface area contributed by atoms with Crippen LogP contribution in [0.1, 0.15) is 114 Å². The number of carboxylic acid groups (broad SMARTS) is 1. The Labute approximate surface area is 368 Å². The van der Waals surface area contributed by atoms with Crippen LogP contribution in [0.4, 0.5) is 0 Å². The molecule has 348 valence electrons. The summed E-state index contributed by atoms with van der Waals surface area (Å²) in [6, 6.07) is 1.37. The molecule has 2 aliphatic carbocycles. The second-order valence-electron chi connectivity index (χ2n) is 17.5. The first kappa shape index (κ1) is 48.5. The Morgan fingerprint density at radius 2 is 1.40 bits per heavy atom. The average molecular weight is 881 g/mol. The molecule has 1 saturated heterocycles. The molecule has 0 bridgehead atoms. The molecule has 3 fully saturated rings. The molecule has 20 heteroatoms. The molecule has 4 aliphatic rings. The third kappa shape index (κ3) is 12.6. The molecule has 5 amide bonds. The number of likely N-dealkylation sites (tertiary alicyclic amines) is 1. The van der Waals surface area contributed by atoms with Crippen LogP contribution in [0, 0.1) is 5.92 Å². The van der Waals surface area contributed by atoms with Gasteiger partial charge >= 0.3 is 5.97 Å². The van der Waals surface area contributed by atoms with Gasteiger partial charge in [-0.1, -0.05) is 69.2 Å². The van der Waals surface area contributed by atoms with Gasteiger partial charge in [0, 0.05) is 32.1 Å². The van der Waals surface area contributed by atoms with Crippen molar-refractivity contribution >= 4 is 47.4 Å². The van der Waals surface area contributed by atoms with Crippen LogP contribution >= 0.6 is 0 Å². The number of carbonyl (C=O) groups is 6. The van der Waals surface area contributed by atoms with Crippen LogP contribution in [-0.2, 0) is 41.7 Å². The number of hydrogen-bond donors (Lipinski definition) is 10. The van der Waals surface area contributed by atoms with Gasteiger partial charge in [-0.25, -0.2) is 4.79 Å². The highest BCUT2D eigenvalue weighted by atomic mass is 16.4. The van der Waals surface area contributed by atoms with E-state index in [2.05, 4.69) is 25.9 Å². The van der Waals surface area contributed by atoms with Crippen molar-refractivity contribution in [1.82, 2.24) is 25.8 Å². The number of hydrogen-bond acceptors (Lipinski definition) is 10. The largest absolute Gasteiger partial charge is 0.480 e. The number of aliphatic hydroxyl groups excluding tert-OH is 1. The normalized spacial score (nSPS) is 23.2. The lowest BCUT2D eigenvalue weighted by atomic mass is 9.82. The van der Waals surface area contributed by atoms with Crippen LogP contribution in [0.25, 0.3) is 0 Å². The number of nitrogens with zero attached hydrogens (tertiary/aromatic N) is 4. The van der Waals surface area contributed by atoms with Crippen molar-refractivity contribution in [3.63, 3.8) is 0 Å². The topological polar surface area (TPSA) is 340 Å². The third-order valence-electron chi connectivity index (χ3n) is 13.1. The Hall–Kier alpha value is -5.50. The summed E-state index contributed by atoms with van der Waals surface area (Å²) in [4.78, 5) is 95.1. The van der Waals surface area contributed by atoms with E-state index in [0.29, 0.717) is 38.5 Å². The fourth-order valence-corrected chi connectivity index (χ4v) is 9.77. The standard InChI is InChI=1S/C43H68N12O8/c44-29(15-10-20-49-41(45)46)35(57)51-30(16-11-21-50-42(47)48)36(58)53-43(18-8-2-1-3-9-19-43)40(63)52-31(25-56)37(59)54-24-28-14-5-4-12-26(28)22-33(54)38(60)55-32-17-7-6-13-27(32)23-34(55)39(61)62/h4-5,12,14,27,29-34,56H,1-3,6-11,13,15-25,44H2,(H,51,57)(H,52,63)(H,53,58)(H,61,62)(H4,45,46,49)(H4,47,48,50)/t27-,29+,30-,31-,32-,33+,34-/m0/s1. The zero-order valence-corrected chi connectivity index (χ0v) is 36.2. The number of carboxylic acids is 1. The maximum atomic E-state index is 14.7. The lowest BCUT2D eigenvalue weighted by Gasteiger charge is -2.42. The smallest absolute Gasteiger partial charge is 0.326 e. The van der Waals surface area contributed by atoms with Gasteiger partial charge in [-0.2, -0.15) is 0 Å². The number of amides is 5. The van der Waals surface area contributed by atoms with Gasteiger partial charge < -0.3 is 64.6 Å². The van der Waals surface area contributed by atoms with E-state index < -0.39 is 77.9 Å². The van der Waals surface area contributed by atoms with Crippen molar-refractivity contribution in [1.29, 1.82) is 0 Å². The maximum absolute atomic E-state index is 14.7. The number of aliphatic hydroxyl groups is 1. The lowest BCUT2D eigenvalue weighted by molar-refractivity contribution is -0.156. The minimum Gasteiger partial charge on any atom is -0.480 e. The average Bonchev–Trinajstić information content (AvgIpc) is 3.65. The molecule has 1 aromatic rings. The minimum atomic E-state index is -1.54. The SMILES string of the molecule is NC(N)=NCCC[C@@H](N)C(=O)N[C@@H](CCCN=C(N)N)C(=O)NC1(C(=O)N[C@@H](CO)C(=O)N2Cc3ccccc3C[C@@H]2C(=O)N2[C@H](C(=O)O)C[C@@H]3CCCC[C@@H]32)CCCCCCC1. The van der Waals surface area contributed by atoms with Crippen LogP contribution < -0.4 is 44.6 Å². The van der Waals surface area contributed by atoms with Crippen molar-refractivity contribution in [3.05, 3.63) is 35.4 Å². The second-order valence-corrected chi connectivity index (χ2v) is 17.5. The third-order valence-corrected chi connectivity index (χ3v) is 13.1. The number of nitrogens with one attached hydrogen (secondary N) is 3. The summed E-state index contributed by atoms with van der Waals surface area (Å²) in [5.74, 6) is -4.38. The Morgan fingerprint density at radius 3 is 2.03 bits per heavy atom. The highest BCUT2D eigenvalue weighted by Gasteiger charge is 2.51. The summed E-state index contributed by atoms with van der Waals surface area (Å²) in [5.41, 5.74) is 28.1. The van der Waals surface area contributed by atoms with Crippen LogP contribution in [-0.4, -0.2) is 129 Å². The molecular weight excluding hydrogens is 813 g/mol. The van der Waals surface area contributed by atoms with E-state index in [4.69, 9.17) is 28.7 Å². The van der Waals surface area contributed by atoms with Crippen molar-refractivity contribution in [3.8, 4) is 0 Å². The molecule has 0 aromatic heterocycles. The van der Waals surface area contributed by atoms with E-state index in [9.17, 15) is 39.0 Å². The summed E-state index contributed by atoms with van der Waals surface area (Å²) >= 11 is 0. The Morgan fingerprint density at radius 1 is 0.778 bits per heavy atom. The predicted molar refractivity (Wildman–Crippen MR) is 235 cm³/mol. The molecule has 7 atom stereocenters. The number of fused-ring (bicyclic) bond motifs is 2. The van der Waals surface area contributed by atoms with Gasteiger partial charge in [-0.05, 0) is 74.8 Å². The van der Waals surface area contributed by atoms with Gasteiger partial charge in [-0.15, -0.1) is 0 Å². The van der Waals surface area contributed by atoms with Crippen molar-refractivity contribution in [2.45, 2.75) is 157 Å². The molecule has 15 N–H and O–H groups in total. The van der Waals surface area contributed by atoms with E-state index in [1.165, 1.54) is 9.80 Å². The lowest BCUT2D eigenvalue weighted by Crippen LogP contribution is -2.66. The van der Waals surface area contributed by atoms with Crippen molar-refractivity contribution in [2.24, 2.45) is 44.6 Å². The molecule has 2 saturated carbocycles. The van der Waals surface area contributed by atoms with E-state index in [1.54, 1.807) is 0 Å². The zero-order chi connectivity index (χ0) is 45.7. The number of rotatable bonds is 18. The number of nitrogens with two attached hydrogens (primary N) is 5. The molecule has 1 aromatic carbocycles. The molecule has 5 rings (SSSR count). The number of guanidine groups is 2. The summed E-state index contributed by atoms with van der Waals surface area (Å²) in [6.45, 7) is -0.395. The summed E-state index contributed by atoms with van der Waals surface area (Å²) in [6.07, 6.45) is 8.87. The van der Waals surface area contributed by atoms with E-state index in [0.717, 1.165) is 49.7 Å². The fraction of sp³-hybridized carbons (Fsp3) is 0.674. The van der Waals surface area contributed by atoms with Crippen molar-refractivity contribution in [2.75, 3.05) is 19.7 Å². The molecule has 0 radical (unpaired) electrons. The number of aliphatic imine (C=N–C) groups is 2. The molecule has 2 heterocycles. The molecule has 2 aliphatic heterocycles. The number of carbonyl (C=O) groups excluding carboxylic acids is 5. The summed E-state index contributed by atoms with van der Waals surface area (Å²) < 4.78 is 0.